The fourth-order valence-electron chi connectivity index (χ4n) is 3.90. The predicted octanol–water partition coefficient (Wildman–Crippen LogP) is 2.08. The number of amides is 1. The van der Waals surface area contributed by atoms with Crippen molar-refractivity contribution in [3.63, 3.8) is 0 Å². The molecule has 24 heavy (non-hydrogen) atoms. The van der Waals surface area contributed by atoms with Crippen molar-refractivity contribution in [2.75, 3.05) is 45.9 Å². The van der Waals surface area contributed by atoms with Crippen LogP contribution in [-0.2, 0) is 9.53 Å². The van der Waals surface area contributed by atoms with E-state index in [1.54, 1.807) is 0 Å². The number of likely N-dealkylation sites (tertiary alicyclic amines) is 2. The Balaban J connectivity index is 0.00000144. The van der Waals surface area contributed by atoms with E-state index >= 15 is 0 Å². The van der Waals surface area contributed by atoms with Gasteiger partial charge in [0.25, 0.3) is 0 Å². The van der Waals surface area contributed by atoms with Crippen molar-refractivity contribution in [2.24, 2.45) is 0 Å². The number of nitrogens with one attached hydrogen (secondary N) is 1. The first-order valence-corrected chi connectivity index (χ1v) is 9.16. The van der Waals surface area contributed by atoms with E-state index in [1.165, 1.54) is 32.4 Å². The van der Waals surface area contributed by atoms with Crippen LogP contribution in [0.15, 0.2) is 0 Å². The molecule has 0 aliphatic carbocycles. The molecule has 142 valence electrons. The number of hydrogen-bond acceptors (Lipinski definition) is 4. The van der Waals surface area contributed by atoms with Crippen molar-refractivity contribution in [3.8, 4) is 0 Å². The quantitative estimate of drug-likeness (QED) is 0.764. The van der Waals surface area contributed by atoms with Crippen LogP contribution in [-0.4, -0.2) is 73.7 Å². The van der Waals surface area contributed by atoms with E-state index in [9.17, 15) is 4.79 Å². The normalized spacial score (nSPS) is 25.3. The zero-order valence-corrected chi connectivity index (χ0v) is 16.2. The molecule has 1 N–H and O–H groups in total. The topological polar surface area (TPSA) is 44.8 Å². The Morgan fingerprint density at radius 3 is 2.33 bits per heavy atom. The number of halogens is 2. The summed E-state index contributed by atoms with van der Waals surface area (Å²) in [5.41, 5.74) is 0. The van der Waals surface area contributed by atoms with E-state index in [-0.39, 0.29) is 24.8 Å². The lowest BCUT2D eigenvalue weighted by molar-refractivity contribution is -0.134. The smallest absolute Gasteiger partial charge is 0.224 e. The summed E-state index contributed by atoms with van der Waals surface area (Å²) in [4.78, 5) is 16.8. The lowest BCUT2D eigenvalue weighted by Gasteiger charge is -2.33. The zero-order valence-electron chi connectivity index (χ0n) is 14.6. The summed E-state index contributed by atoms with van der Waals surface area (Å²) in [5, 5.41) is 3.41. The lowest BCUT2D eigenvalue weighted by atomic mass is 10.1. The molecule has 3 saturated heterocycles. The first kappa shape index (κ1) is 22.0. The molecule has 0 radical (unpaired) electrons. The number of hydrogen-bond donors (Lipinski definition) is 1. The third-order valence-electron chi connectivity index (χ3n) is 5.34. The number of carbonyl (C=O) groups is 1. The Bertz CT molecular complexity index is 354. The largest absolute Gasteiger partial charge is 0.377 e. The Morgan fingerprint density at radius 2 is 1.71 bits per heavy atom. The molecule has 3 heterocycles. The highest BCUT2D eigenvalue weighted by atomic mass is 35.5. The predicted molar refractivity (Wildman–Crippen MR) is 101 cm³/mol. The SMILES string of the molecule is Cl.Cl.O=C(CC1CCCN1)N1CCC(OCCN2CCCC2)CC1. The minimum Gasteiger partial charge on any atom is -0.377 e. The Morgan fingerprint density at radius 1 is 1.00 bits per heavy atom. The first-order chi connectivity index (χ1) is 10.8. The maximum atomic E-state index is 12.3. The third-order valence-corrected chi connectivity index (χ3v) is 5.34. The van der Waals surface area contributed by atoms with Gasteiger partial charge >= 0.3 is 0 Å². The number of rotatable bonds is 6. The Labute approximate surface area is 158 Å². The van der Waals surface area contributed by atoms with Crippen molar-refractivity contribution in [2.45, 2.75) is 57.1 Å². The number of ether oxygens (including phenoxy) is 1. The van der Waals surface area contributed by atoms with Gasteiger partial charge in [0, 0.05) is 32.1 Å². The second-order valence-corrected chi connectivity index (χ2v) is 7.00. The van der Waals surface area contributed by atoms with Gasteiger partial charge in [0.2, 0.25) is 5.91 Å². The van der Waals surface area contributed by atoms with Gasteiger partial charge in [-0.15, -0.1) is 24.8 Å². The fraction of sp³-hybridized carbons (Fsp3) is 0.941. The zero-order chi connectivity index (χ0) is 15.2. The van der Waals surface area contributed by atoms with Crippen molar-refractivity contribution < 1.29 is 9.53 Å². The van der Waals surface area contributed by atoms with Crippen LogP contribution in [0.5, 0.6) is 0 Å². The van der Waals surface area contributed by atoms with Crippen molar-refractivity contribution in [1.29, 1.82) is 0 Å². The van der Waals surface area contributed by atoms with Crippen LogP contribution in [0.25, 0.3) is 0 Å². The Kier molecular flexibility index (Phi) is 10.6. The molecule has 7 heteroatoms. The van der Waals surface area contributed by atoms with Crippen LogP contribution >= 0.6 is 24.8 Å². The molecule has 1 atom stereocenters. The van der Waals surface area contributed by atoms with Crippen LogP contribution in [0.2, 0.25) is 0 Å². The molecule has 0 aromatic rings. The van der Waals surface area contributed by atoms with Gasteiger partial charge in [0.05, 0.1) is 12.7 Å². The monoisotopic (exact) mass is 381 g/mol. The van der Waals surface area contributed by atoms with E-state index in [1.807, 2.05) is 4.90 Å². The fourth-order valence-corrected chi connectivity index (χ4v) is 3.90. The van der Waals surface area contributed by atoms with Gasteiger partial charge in [-0.25, -0.2) is 0 Å². The summed E-state index contributed by atoms with van der Waals surface area (Å²) in [6.45, 7) is 7.23. The molecule has 0 spiro atoms. The van der Waals surface area contributed by atoms with Gasteiger partial charge < -0.3 is 19.9 Å². The average molecular weight is 382 g/mol. The summed E-state index contributed by atoms with van der Waals surface area (Å²) in [6.07, 6.45) is 8.10. The van der Waals surface area contributed by atoms with Crippen LogP contribution in [0.4, 0.5) is 0 Å². The van der Waals surface area contributed by atoms with Crippen LogP contribution < -0.4 is 5.32 Å². The van der Waals surface area contributed by atoms with Gasteiger partial charge in [-0.2, -0.15) is 0 Å². The van der Waals surface area contributed by atoms with Gasteiger partial charge in [-0.05, 0) is 58.2 Å². The molecular formula is C17H33Cl2N3O2. The molecule has 1 amide bonds. The number of carbonyl (C=O) groups excluding carboxylic acids is 1. The van der Waals surface area contributed by atoms with Crippen LogP contribution in [0, 0.1) is 0 Å². The molecule has 3 aliphatic heterocycles. The number of nitrogens with zero attached hydrogens (tertiary/aromatic N) is 2. The van der Waals surface area contributed by atoms with Crippen LogP contribution in [0.3, 0.4) is 0 Å². The summed E-state index contributed by atoms with van der Waals surface area (Å²) >= 11 is 0. The summed E-state index contributed by atoms with van der Waals surface area (Å²) in [5.74, 6) is 0.329. The van der Waals surface area contributed by atoms with Gasteiger partial charge in [0.1, 0.15) is 0 Å². The number of piperidine rings is 1. The summed E-state index contributed by atoms with van der Waals surface area (Å²) < 4.78 is 6.01. The van der Waals surface area contributed by atoms with Crippen LogP contribution in [0.1, 0.15) is 44.9 Å². The highest BCUT2D eigenvalue weighted by Crippen LogP contribution is 2.17. The van der Waals surface area contributed by atoms with Crippen molar-refractivity contribution in [3.05, 3.63) is 0 Å². The lowest BCUT2D eigenvalue weighted by Crippen LogP contribution is -2.43. The van der Waals surface area contributed by atoms with E-state index in [2.05, 4.69) is 10.2 Å². The molecule has 3 aliphatic rings. The standard InChI is InChI=1S/C17H31N3O2.2ClH/c21-17(14-15-4-3-7-18-15)20-10-5-16(6-11-20)22-13-12-19-8-1-2-9-19;;/h15-16,18H,1-14H2;2*1H. The maximum absolute atomic E-state index is 12.3. The summed E-state index contributed by atoms with van der Waals surface area (Å²) in [6, 6.07) is 0.418. The average Bonchev–Trinajstić information content (AvgIpc) is 3.21. The third kappa shape index (κ3) is 6.68. The highest BCUT2D eigenvalue weighted by molar-refractivity contribution is 5.85. The highest BCUT2D eigenvalue weighted by Gasteiger charge is 2.26. The van der Waals surface area contributed by atoms with Gasteiger partial charge in [0.15, 0.2) is 0 Å². The molecule has 5 nitrogen and oxygen atoms in total. The molecule has 3 rings (SSSR count). The molecular weight excluding hydrogens is 349 g/mol. The molecule has 0 aromatic heterocycles. The van der Waals surface area contributed by atoms with Crippen molar-refractivity contribution in [1.82, 2.24) is 15.1 Å². The molecule has 1 unspecified atom stereocenters. The van der Waals surface area contributed by atoms with Gasteiger partial charge in [-0.1, -0.05) is 0 Å². The van der Waals surface area contributed by atoms with Gasteiger partial charge in [-0.3, -0.25) is 4.79 Å². The van der Waals surface area contributed by atoms with Crippen molar-refractivity contribution >= 4 is 30.7 Å². The van der Waals surface area contributed by atoms with E-state index in [0.717, 1.165) is 52.0 Å². The minimum absolute atomic E-state index is 0. The molecule has 3 fully saturated rings. The van der Waals surface area contributed by atoms with E-state index < -0.39 is 0 Å². The van der Waals surface area contributed by atoms with E-state index in [0.29, 0.717) is 24.5 Å². The maximum Gasteiger partial charge on any atom is 0.224 e. The molecule has 0 saturated carbocycles. The molecule has 0 bridgehead atoms. The minimum atomic E-state index is 0. The second-order valence-electron chi connectivity index (χ2n) is 7.00. The first-order valence-electron chi connectivity index (χ1n) is 9.16. The second kappa shape index (κ2) is 11.5. The van der Waals surface area contributed by atoms with E-state index in [4.69, 9.17) is 4.74 Å². The molecule has 0 aromatic carbocycles. The summed E-state index contributed by atoms with van der Waals surface area (Å²) in [7, 11) is 0. The Hall–Kier alpha value is -0.0700.